The van der Waals surface area contributed by atoms with Gasteiger partial charge in [-0.25, -0.2) is 9.18 Å². The minimum atomic E-state index is -1.49. The van der Waals surface area contributed by atoms with E-state index in [1.807, 2.05) is 0 Å². The van der Waals surface area contributed by atoms with Gasteiger partial charge in [-0.05, 0) is 43.7 Å². The van der Waals surface area contributed by atoms with Gasteiger partial charge in [-0.1, -0.05) is 23.7 Å². The molecule has 5 N–H and O–H groups in total. The number of aliphatic hydroxyl groups is 3. The quantitative estimate of drug-likeness (QED) is 0.297. The van der Waals surface area contributed by atoms with Gasteiger partial charge in [-0.3, -0.25) is 14.6 Å². The van der Waals surface area contributed by atoms with E-state index in [1.165, 1.54) is 23.1 Å². The van der Waals surface area contributed by atoms with Crippen molar-refractivity contribution in [1.29, 1.82) is 0 Å². The van der Waals surface area contributed by atoms with Gasteiger partial charge in [0.25, 0.3) is 0 Å². The molecule has 3 rings (SSSR count). The van der Waals surface area contributed by atoms with Crippen molar-refractivity contribution in [2.45, 2.75) is 38.8 Å². The molecule has 0 saturated carbocycles. The Kier molecular flexibility index (Phi) is 9.70. The van der Waals surface area contributed by atoms with Crippen LogP contribution in [0.15, 0.2) is 54.4 Å². The van der Waals surface area contributed by atoms with Gasteiger partial charge in [-0.2, -0.15) is 0 Å². The normalized spacial score (nSPS) is 15.8. The summed E-state index contributed by atoms with van der Waals surface area (Å²) in [5, 5.41) is 34.9. The summed E-state index contributed by atoms with van der Waals surface area (Å²) in [6, 6.07) is 9.40. The van der Waals surface area contributed by atoms with Crippen LogP contribution in [0.2, 0.25) is 5.02 Å². The smallest absolute Gasteiger partial charge is 0.328 e. The number of urea groups is 1. The number of rotatable bonds is 11. The predicted octanol–water partition coefficient (Wildman–Crippen LogP) is 2.25. The van der Waals surface area contributed by atoms with Crippen LogP contribution in [0.5, 0.6) is 5.75 Å². The number of halogens is 2. The fourth-order valence-electron chi connectivity index (χ4n) is 3.54. The van der Waals surface area contributed by atoms with Crippen LogP contribution in [0.3, 0.4) is 0 Å². The van der Waals surface area contributed by atoms with E-state index in [0.717, 1.165) is 4.90 Å². The van der Waals surface area contributed by atoms with Gasteiger partial charge in [0.15, 0.2) is 17.8 Å². The van der Waals surface area contributed by atoms with Gasteiger partial charge in [-0.15, -0.1) is 0 Å². The van der Waals surface area contributed by atoms with Crippen LogP contribution >= 0.6 is 11.6 Å². The Morgan fingerprint density at radius 2 is 1.84 bits per heavy atom. The van der Waals surface area contributed by atoms with Gasteiger partial charge in [0, 0.05) is 22.9 Å². The number of anilines is 1. The van der Waals surface area contributed by atoms with Crippen molar-refractivity contribution in [3.63, 3.8) is 0 Å². The molecule has 1 atom stereocenters. The fraction of sp³-hybridized carbons (Fsp3) is 0.360. The lowest BCUT2D eigenvalue weighted by Gasteiger charge is -2.38. The Morgan fingerprint density at radius 1 is 1.16 bits per heavy atom. The Labute approximate surface area is 218 Å². The number of hydrogen-bond acceptors (Lipinski definition) is 7. The van der Waals surface area contributed by atoms with E-state index in [4.69, 9.17) is 16.3 Å². The summed E-state index contributed by atoms with van der Waals surface area (Å²) < 4.78 is 20.0. The minimum Gasteiger partial charge on any atom is -0.488 e. The minimum absolute atomic E-state index is 0.0482. The highest BCUT2D eigenvalue weighted by atomic mass is 35.5. The number of amides is 3. The largest absolute Gasteiger partial charge is 0.488 e. The lowest BCUT2D eigenvalue weighted by molar-refractivity contribution is -0.124. The van der Waals surface area contributed by atoms with Crippen LogP contribution in [0, 0.1) is 5.82 Å². The summed E-state index contributed by atoms with van der Waals surface area (Å²) in [6.45, 7) is 2.08. The maximum absolute atomic E-state index is 14.6. The molecule has 0 aromatic heterocycles. The molecule has 10 nitrogen and oxygen atoms in total. The number of ether oxygens (including phenoxy) is 1. The van der Waals surface area contributed by atoms with E-state index >= 15 is 0 Å². The first-order valence-corrected chi connectivity index (χ1v) is 12.0. The molecule has 1 aliphatic rings. The van der Waals surface area contributed by atoms with E-state index in [9.17, 15) is 29.3 Å². The molecule has 0 aliphatic carbocycles. The summed E-state index contributed by atoms with van der Waals surface area (Å²) in [5.41, 5.74) is 1.01. The third-order valence-electron chi connectivity index (χ3n) is 5.33. The number of carbonyl (C=O) groups excluding carboxylic acids is 2. The SMILES string of the molecule is CC(C)Oc1ccc(NC2=CC(O)N(CC(=O)NC(CO)CO)C(=O)N2Cc2ccc(Cl)cc2)cc1F. The van der Waals surface area contributed by atoms with E-state index in [-0.39, 0.29) is 24.2 Å². The maximum atomic E-state index is 14.6. The molecule has 0 bridgehead atoms. The second-order valence-electron chi connectivity index (χ2n) is 8.65. The first kappa shape index (κ1) is 28.2. The second-order valence-corrected chi connectivity index (χ2v) is 9.09. The highest BCUT2D eigenvalue weighted by Gasteiger charge is 2.35. The van der Waals surface area contributed by atoms with E-state index < -0.39 is 49.8 Å². The second kappa shape index (κ2) is 12.7. The number of aliphatic hydroxyl groups excluding tert-OH is 3. The molecule has 200 valence electrons. The van der Waals surface area contributed by atoms with E-state index in [0.29, 0.717) is 16.3 Å². The average molecular weight is 537 g/mol. The van der Waals surface area contributed by atoms with Crippen molar-refractivity contribution in [3.05, 3.63) is 70.8 Å². The Bertz CT molecular complexity index is 1130. The summed E-state index contributed by atoms with van der Waals surface area (Å²) in [6.07, 6.45) is -0.390. The molecule has 37 heavy (non-hydrogen) atoms. The van der Waals surface area contributed by atoms with Crippen molar-refractivity contribution < 1.29 is 34.0 Å². The first-order valence-electron chi connectivity index (χ1n) is 11.6. The fourth-order valence-corrected chi connectivity index (χ4v) is 3.67. The third-order valence-corrected chi connectivity index (χ3v) is 5.59. The predicted molar refractivity (Wildman–Crippen MR) is 135 cm³/mol. The third kappa shape index (κ3) is 7.56. The zero-order chi connectivity index (χ0) is 27.1. The van der Waals surface area contributed by atoms with Crippen molar-refractivity contribution in [3.8, 4) is 5.75 Å². The van der Waals surface area contributed by atoms with Crippen molar-refractivity contribution in [1.82, 2.24) is 15.1 Å². The molecule has 0 radical (unpaired) electrons. The molecule has 0 saturated heterocycles. The number of hydrogen-bond donors (Lipinski definition) is 5. The molecule has 2 aromatic rings. The van der Waals surface area contributed by atoms with Gasteiger partial charge in [0.05, 0.1) is 31.9 Å². The Morgan fingerprint density at radius 3 is 2.43 bits per heavy atom. The highest BCUT2D eigenvalue weighted by Crippen LogP contribution is 2.27. The molecular weight excluding hydrogens is 507 g/mol. The van der Waals surface area contributed by atoms with Crippen LogP contribution in [0.1, 0.15) is 19.4 Å². The lowest BCUT2D eigenvalue weighted by atomic mass is 10.2. The van der Waals surface area contributed by atoms with E-state index in [2.05, 4.69) is 10.6 Å². The zero-order valence-electron chi connectivity index (χ0n) is 20.4. The molecular formula is C25H30ClFN4O6. The van der Waals surface area contributed by atoms with Crippen LogP contribution in [0.4, 0.5) is 14.9 Å². The van der Waals surface area contributed by atoms with Crippen LogP contribution in [0.25, 0.3) is 0 Å². The topological polar surface area (TPSA) is 135 Å². The number of carbonyl (C=O) groups is 2. The summed E-state index contributed by atoms with van der Waals surface area (Å²) in [5.74, 6) is -1.04. The van der Waals surface area contributed by atoms with Crippen LogP contribution < -0.4 is 15.4 Å². The highest BCUT2D eigenvalue weighted by molar-refractivity contribution is 6.30. The van der Waals surface area contributed by atoms with Gasteiger partial charge in [0.1, 0.15) is 12.4 Å². The Hall–Kier alpha value is -3.38. The molecule has 3 amide bonds. The lowest BCUT2D eigenvalue weighted by Crippen LogP contribution is -2.56. The molecule has 0 fully saturated rings. The van der Waals surface area contributed by atoms with Gasteiger partial charge < -0.3 is 30.7 Å². The van der Waals surface area contributed by atoms with Crippen molar-refractivity contribution >= 4 is 29.2 Å². The van der Waals surface area contributed by atoms with Crippen LogP contribution in [-0.4, -0.2) is 75.2 Å². The average Bonchev–Trinajstić information content (AvgIpc) is 2.85. The number of benzene rings is 2. The summed E-state index contributed by atoms with van der Waals surface area (Å²) in [4.78, 5) is 28.0. The Balaban J connectivity index is 1.87. The van der Waals surface area contributed by atoms with Crippen molar-refractivity contribution in [2.75, 3.05) is 25.1 Å². The standard InChI is InChI=1S/C25H30ClFN4O6/c1-15(2)37-21-8-7-18(9-20(21)27)28-22-10-24(35)31(12-23(34)29-19(13-32)14-33)25(36)30(22)11-16-3-5-17(26)6-4-16/h3-10,15,19,24,28,32-33,35H,11-14H2,1-2H3,(H,29,34). The first-order chi connectivity index (χ1) is 17.6. The molecule has 1 aliphatic heterocycles. The molecule has 1 unspecified atom stereocenters. The monoisotopic (exact) mass is 536 g/mol. The molecule has 12 heteroatoms. The molecule has 0 spiro atoms. The van der Waals surface area contributed by atoms with Gasteiger partial charge in [0.2, 0.25) is 5.91 Å². The van der Waals surface area contributed by atoms with Crippen molar-refractivity contribution in [2.24, 2.45) is 0 Å². The summed E-state index contributed by atoms with van der Waals surface area (Å²) >= 11 is 5.97. The molecule has 2 aromatic carbocycles. The number of nitrogens with zero attached hydrogens (tertiary/aromatic N) is 2. The summed E-state index contributed by atoms with van der Waals surface area (Å²) in [7, 11) is 0. The number of nitrogens with one attached hydrogen (secondary N) is 2. The van der Waals surface area contributed by atoms with E-state index in [1.54, 1.807) is 44.2 Å². The zero-order valence-corrected chi connectivity index (χ0v) is 21.2. The maximum Gasteiger partial charge on any atom is 0.328 e. The van der Waals surface area contributed by atoms with Crippen LogP contribution in [-0.2, 0) is 11.3 Å². The molecule has 1 heterocycles. The van der Waals surface area contributed by atoms with Gasteiger partial charge >= 0.3 is 6.03 Å².